The summed E-state index contributed by atoms with van der Waals surface area (Å²) in [6.45, 7) is -0.930. The molecule has 0 aliphatic carbocycles. The fourth-order valence-electron chi connectivity index (χ4n) is 4.09. The summed E-state index contributed by atoms with van der Waals surface area (Å²) in [6, 6.07) is 1.76. The number of halogens is 4. The van der Waals surface area contributed by atoms with Crippen LogP contribution in [0.5, 0.6) is 0 Å². The molecule has 0 saturated carbocycles. The fourth-order valence-corrected chi connectivity index (χ4v) is 5.24. The molecule has 3 heterocycles. The van der Waals surface area contributed by atoms with Crippen molar-refractivity contribution in [3.05, 3.63) is 61.9 Å². The molecule has 0 bridgehead atoms. The zero-order valence-corrected chi connectivity index (χ0v) is 21.0. The number of carbonyl (C=O) groups excluding carboxylic acids is 2. The molecule has 0 radical (unpaired) electrons. The Kier molecular flexibility index (Phi) is 7.29. The monoisotopic (exact) mass is 572 g/mol. The standard InChI is InChI=1S/C22H20BrF3N4O4S/c1-33-20(31)15-8-22(25,26)10-30(15)9-14-16(21(32)34-2)17(12-4-3-11(24)7-13(12)23)29-18(28-14)19-27-5-6-35-19/h3-7,15,17H,8-10H2,1-2H3,(H,28,29)/t15-,17-/m0/s1. The number of aliphatic imine (C=N–C) groups is 1. The smallest absolute Gasteiger partial charge is 0.338 e. The lowest BCUT2D eigenvalue weighted by Gasteiger charge is -2.30. The number of hydrogen-bond donors (Lipinski definition) is 1. The van der Waals surface area contributed by atoms with Gasteiger partial charge in [0.05, 0.1) is 26.3 Å². The normalized spacial score (nSPS) is 21.9. The van der Waals surface area contributed by atoms with Gasteiger partial charge >= 0.3 is 11.9 Å². The summed E-state index contributed by atoms with van der Waals surface area (Å²) in [7, 11) is 2.31. The zero-order chi connectivity index (χ0) is 25.3. The van der Waals surface area contributed by atoms with E-state index < -0.39 is 48.7 Å². The molecule has 2 aliphatic heterocycles. The summed E-state index contributed by atoms with van der Waals surface area (Å²) < 4.78 is 52.5. The molecule has 13 heteroatoms. The fraction of sp³-hybridized carbons (Fsp3) is 0.364. The number of hydrogen-bond acceptors (Lipinski definition) is 9. The molecule has 0 amide bonds. The molecule has 0 spiro atoms. The van der Waals surface area contributed by atoms with E-state index >= 15 is 0 Å². The van der Waals surface area contributed by atoms with Crippen molar-refractivity contribution in [2.24, 2.45) is 4.99 Å². The van der Waals surface area contributed by atoms with Gasteiger partial charge in [0.15, 0.2) is 10.8 Å². The zero-order valence-electron chi connectivity index (χ0n) is 18.6. The molecule has 186 valence electrons. The lowest BCUT2D eigenvalue weighted by atomic mass is 9.95. The minimum Gasteiger partial charge on any atom is -0.468 e. The molecule has 4 rings (SSSR count). The number of amidine groups is 1. The van der Waals surface area contributed by atoms with Crippen molar-refractivity contribution in [1.82, 2.24) is 15.2 Å². The van der Waals surface area contributed by atoms with E-state index in [-0.39, 0.29) is 17.8 Å². The minimum atomic E-state index is -3.12. The van der Waals surface area contributed by atoms with Crippen LogP contribution >= 0.6 is 27.3 Å². The summed E-state index contributed by atoms with van der Waals surface area (Å²) in [6.07, 6.45) is 0.863. The Bertz CT molecular complexity index is 1210. The van der Waals surface area contributed by atoms with E-state index in [2.05, 4.69) is 31.2 Å². The van der Waals surface area contributed by atoms with Crippen LogP contribution in [0.25, 0.3) is 0 Å². The van der Waals surface area contributed by atoms with Crippen LogP contribution in [0, 0.1) is 5.82 Å². The van der Waals surface area contributed by atoms with Gasteiger partial charge in [-0.15, -0.1) is 11.3 Å². The lowest BCUT2D eigenvalue weighted by Crippen LogP contribution is -2.43. The number of aromatic nitrogens is 1. The molecule has 2 atom stereocenters. The first kappa shape index (κ1) is 25.3. The van der Waals surface area contributed by atoms with Crippen molar-refractivity contribution in [2.75, 3.05) is 27.3 Å². The third kappa shape index (κ3) is 5.26. The van der Waals surface area contributed by atoms with Gasteiger partial charge in [-0.05, 0) is 17.7 Å². The maximum atomic E-state index is 14.3. The first-order valence-corrected chi connectivity index (χ1v) is 12.0. The summed E-state index contributed by atoms with van der Waals surface area (Å²) >= 11 is 4.60. The van der Waals surface area contributed by atoms with Crippen molar-refractivity contribution in [3.8, 4) is 0 Å². The molecule has 35 heavy (non-hydrogen) atoms. The SMILES string of the molecule is COC(=O)C1=C(CN2CC(F)(F)C[C@H]2C(=O)OC)NC(c2nccs2)=N[C@H]1c1ccc(F)cc1Br. The van der Waals surface area contributed by atoms with Gasteiger partial charge in [-0.3, -0.25) is 14.7 Å². The highest BCUT2D eigenvalue weighted by Gasteiger charge is 2.49. The lowest BCUT2D eigenvalue weighted by molar-refractivity contribution is -0.146. The molecule has 1 N–H and O–H groups in total. The second kappa shape index (κ2) is 10.1. The summed E-state index contributed by atoms with van der Waals surface area (Å²) in [5.41, 5.74) is 0.708. The van der Waals surface area contributed by atoms with Crippen molar-refractivity contribution in [3.63, 3.8) is 0 Å². The van der Waals surface area contributed by atoms with E-state index in [0.29, 0.717) is 20.9 Å². The van der Waals surface area contributed by atoms with Gasteiger partial charge in [-0.25, -0.2) is 22.9 Å². The quantitative estimate of drug-likeness (QED) is 0.530. The molecule has 1 aromatic carbocycles. The molecule has 1 aromatic heterocycles. The molecule has 1 fully saturated rings. The van der Waals surface area contributed by atoms with Crippen LogP contribution in [-0.2, 0) is 19.1 Å². The van der Waals surface area contributed by atoms with E-state index in [4.69, 9.17) is 9.47 Å². The predicted octanol–water partition coefficient (Wildman–Crippen LogP) is 3.45. The number of esters is 2. The molecule has 2 aliphatic rings. The third-order valence-corrected chi connectivity index (χ3v) is 7.09. The van der Waals surface area contributed by atoms with Gasteiger partial charge < -0.3 is 14.8 Å². The third-order valence-electron chi connectivity index (χ3n) is 5.62. The van der Waals surface area contributed by atoms with Crippen LogP contribution in [0.4, 0.5) is 13.2 Å². The van der Waals surface area contributed by atoms with Crippen molar-refractivity contribution in [1.29, 1.82) is 0 Å². The van der Waals surface area contributed by atoms with E-state index in [1.54, 1.807) is 11.6 Å². The van der Waals surface area contributed by atoms with Gasteiger partial charge in [0.1, 0.15) is 17.9 Å². The highest BCUT2D eigenvalue weighted by molar-refractivity contribution is 9.10. The predicted molar refractivity (Wildman–Crippen MR) is 125 cm³/mol. The second-order valence-corrected chi connectivity index (χ2v) is 9.65. The van der Waals surface area contributed by atoms with Gasteiger partial charge in [-0.1, -0.05) is 22.0 Å². The Hall–Kier alpha value is -2.77. The number of likely N-dealkylation sites (tertiary alicyclic amines) is 1. The molecule has 2 aromatic rings. The van der Waals surface area contributed by atoms with Crippen LogP contribution in [0.3, 0.4) is 0 Å². The number of nitrogens with zero attached hydrogens (tertiary/aromatic N) is 3. The Balaban J connectivity index is 1.83. The second-order valence-electron chi connectivity index (χ2n) is 7.90. The van der Waals surface area contributed by atoms with Crippen LogP contribution in [0.2, 0.25) is 0 Å². The van der Waals surface area contributed by atoms with Crippen LogP contribution in [0.1, 0.15) is 23.0 Å². The number of carbonyl (C=O) groups is 2. The number of thiazole rings is 1. The average molecular weight is 573 g/mol. The van der Waals surface area contributed by atoms with E-state index in [1.807, 2.05) is 0 Å². The Morgan fingerprint density at radius 1 is 1.31 bits per heavy atom. The number of ether oxygens (including phenoxy) is 2. The van der Waals surface area contributed by atoms with Crippen molar-refractivity contribution < 1.29 is 32.2 Å². The largest absolute Gasteiger partial charge is 0.468 e. The molecule has 0 unspecified atom stereocenters. The number of rotatable bonds is 6. The Morgan fingerprint density at radius 2 is 2.09 bits per heavy atom. The van der Waals surface area contributed by atoms with Crippen LogP contribution < -0.4 is 5.32 Å². The van der Waals surface area contributed by atoms with E-state index in [0.717, 1.165) is 7.11 Å². The Morgan fingerprint density at radius 3 is 2.71 bits per heavy atom. The van der Waals surface area contributed by atoms with Crippen LogP contribution in [0.15, 0.2) is 50.5 Å². The molecular formula is C22H20BrF3N4O4S. The van der Waals surface area contributed by atoms with Gasteiger partial charge in [-0.2, -0.15) is 0 Å². The van der Waals surface area contributed by atoms with Crippen molar-refractivity contribution in [2.45, 2.75) is 24.4 Å². The summed E-state index contributed by atoms with van der Waals surface area (Å²) in [5, 5.41) is 5.26. The van der Waals surface area contributed by atoms with Gasteiger partial charge in [0.2, 0.25) is 0 Å². The highest BCUT2D eigenvalue weighted by atomic mass is 79.9. The first-order chi connectivity index (χ1) is 16.6. The topological polar surface area (TPSA) is 93.1 Å². The molecule has 1 saturated heterocycles. The average Bonchev–Trinajstić information content (AvgIpc) is 3.45. The van der Waals surface area contributed by atoms with Gasteiger partial charge in [0.25, 0.3) is 5.92 Å². The number of benzene rings is 1. The number of nitrogens with one attached hydrogen (secondary N) is 1. The maximum Gasteiger partial charge on any atom is 0.338 e. The number of methoxy groups -OCH3 is 2. The maximum absolute atomic E-state index is 14.3. The van der Waals surface area contributed by atoms with E-state index in [9.17, 15) is 22.8 Å². The molecular weight excluding hydrogens is 553 g/mol. The summed E-state index contributed by atoms with van der Waals surface area (Å²) in [4.78, 5) is 35.3. The first-order valence-electron chi connectivity index (χ1n) is 10.3. The number of alkyl halides is 2. The summed E-state index contributed by atoms with van der Waals surface area (Å²) in [5.74, 6) is -4.88. The van der Waals surface area contributed by atoms with Crippen LogP contribution in [-0.4, -0.2) is 66.9 Å². The highest BCUT2D eigenvalue weighted by Crippen LogP contribution is 2.38. The molecule has 8 nitrogen and oxygen atoms in total. The van der Waals surface area contributed by atoms with E-state index in [1.165, 1.54) is 41.5 Å². The van der Waals surface area contributed by atoms with Gasteiger partial charge in [0, 0.05) is 34.7 Å². The Labute approximate surface area is 211 Å². The van der Waals surface area contributed by atoms with Crippen molar-refractivity contribution >= 4 is 45.0 Å². The minimum absolute atomic E-state index is 0.0407.